The van der Waals surface area contributed by atoms with Gasteiger partial charge in [0.25, 0.3) is 0 Å². The number of hydrogen-bond donors (Lipinski definition) is 2. The van der Waals surface area contributed by atoms with E-state index in [2.05, 4.69) is 15.5 Å². The van der Waals surface area contributed by atoms with Crippen LogP contribution in [-0.4, -0.2) is 42.2 Å². The van der Waals surface area contributed by atoms with Gasteiger partial charge in [0, 0.05) is 19.9 Å². The van der Waals surface area contributed by atoms with Gasteiger partial charge in [-0.2, -0.15) is 5.10 Å². The summed E-state index contributed by atoms with van der Waals surface area (Å²) in [7, 11) is 1.72. The number of methoxy groups -OCH3 is 1. The maximum absolute atomic E-state index is 5.54. The predicted octanol–water partition coefficient (Wildman–Crippen LogP) is 1.01. The zero-order chi connectivity index (χ0) is 10.7. The Morgan fingerprint density at radius 3 is 3.13 bits per heavy atom. The fourth-order valence-electron chi connectivity index (χ4n) is 1.96. The molecule has 2 rings (SSSR count). The summed E-state index contributed by atoms with van der Waals surface area (Å²) < 4.78 is 10.9. The van der Waals surface area contributed by atoms with Crippen molar-refractivity contribution in [2.24, 2.45) is 0 Å². The summed E-state index contributed by atoms with van der Waals surface area (Å²) in [5.74, 6) is 0. The van der Waals surface area contributed by atoms with E-state index < -0.39 is 0 Å². The third kappa shape index (κ3) is 2.13. The summed E-state index contributed by atoms with van der Waals surface area (Å²) >= 11 is 0. The second-order valence-corrected chi connectivity index (χ2v) is 3.67. The van der Waals surface area contributed by atoms with Crippen molar-refractivity contribution < 1.29 is 9.47 Å². The monoisotopic (exact) mass is 211 g/mol. The number of H-pyrrole nitrogens is 1. The van der Waals surface area contributed by atoms with Crippen LogP contribution < -0.4 is 5.32 Å². The lowest BCUT2D eigenvalue weighted by molar-refractivity contribution is -0.118. The van der Waals surface area contributed by atoms with E-state index in [4.69, 9.17) is 9.47 Å². The van der Waals surface area contributed by atoms with Crippen LogP contribution in [0.25, 0.3) is 0 Å². The number of rotatable bonds is 5. The number of aromatic nitrogens is 2. The van der Waals surface area contributed by atoms with Crippen LogP contribution in [-0.2, 0) is 9.47 Å². The Bertz CT molecular complexity index is 289. The molecule has 1 heterocycles. The second-order valence-electron chi connectivity index (χ2n) is 3.67. The molecule has 0 aromatic carbocycles. The topological polar surface area (TPSA) is 59.2 Å². The van der Waals surface area contributed by atoms with Crippen LogP contribution in [0.4, 0.5) is 5.69 Å². The van der Waals surface area contributed by atoms with Crippen molar-refractivity contribution in [1.29, 1.82) is 0 Å². The maximum atomic E-state index is 5.54. The molecule has 0 amide bonds. The number of anilines is 1. The van der Waals surface area contributed by atoms with Gasteiger partial charge >= 0.3 is 0 Å². The highest BCUT2D eigenvalue weighted by atomic mass is 16.5. The molecule has 0 saturated heterocycles. The first-order valence-corrected chi connectivity index (χ1v) is 5.25. The fraction of sp³-hybridized carbons (Fsp3) is 0.700. The van der Waals surface area contributed by atoms with Crippen LogP contribution >= 0.6 is 0 Å². The molecule has 0 aliphatic heterocycles. The van der Waals surface area contributed by atoms with E-state index in [1.807, 2.05) is 13.1 Å². The van der Waals surface area contributed by atoms with Gasteiger partial charge in [0.05, 0.1) is 24.0 Å². The molecule has 84 valence electrons. The minimum absolute atomic E-state index is 0.139. The highest BCUT2D eigenvalue weighted by Gasteiger charge is 2.42. The van der Waals surface area contributed by atoms with Gasteiger partial charge in [0.2, 0.25) is 0 Å². The average Bonchev–Trinajstić information content (AvgIpc) is 2.69. The second kappa shape index (κ2) is 4.63. The van der Waals surface area contributed by atoms with Gasteiger partial charge in [-0.1, -0.05) is 0 Å². The molecule has 1 fully saturated rings. The summed E-state index contributed by atoms with van der Waals surface area (Å²) in [4.78, 5) is 0. The zero-order valence-corrected chi connectivity index (χ0v) is 9.06. The number of hydrogen-bond acceptors (Lipinski definition) is 4. The average molecular weight is 211 g/mol. The highest BCUT2D eigenvalue weighted by Crippen LogP contribution is 2.29. The SMILES string of the molecule is CCOC1CC(Nc2cn[nH]c2)C1OC. The lowest BCUT2D eigenvalue weighted by Crippen LogP contribution is -2.56. The summed E-state index contributed by atoms with van der Waals surface area (Å²) in [5, 5.41) is 10.00. The Balaban J connectivity index is 1.85. The molecule has 2 N–H and O–H groups in total. The number of ether oxygens (including phenoxy) is 2. The van der Waals surface area contributed by atoms with Gasteiger partial charge in [0.15, 0.2) is 0 Å². The first kappa shape index (κ1) is 10.4. The molecule has 3 atom stereocenters. The molecule has 3 unspecified atom stereocenters. The van der Waals surface area contributed by atoms with Crippen LogP contribution in [0.2, 0.25) is 0 Å². The van der Waals surface area contributed by atoms with Gasteiger partial charge in [-0.15, -0.1) is 0 Å². The molecule has 5 nitrogen and oxygen atoms in total. The number of nitrogens with one attached hydrogen (secondary N) is 2. The third-order valence-corrected chi connectivity index (χ3v) is 2.75. The standard InChI is InChI=1S/C10H17N3O2/c1-3-15-9-4-8(10(9)14-2)13-7-5-11-12-6-7/h5-6,8-10,13H,3-4H2,1-2H3,(H,11,12). The molecule has 1 saturated carbocycles. The number of aromatic amines is 1. The highest BCUT2D eigenvalue weighted by molar-refractivity contribution is 5.40. The lowest BCUT2D eigenvalue weighted by atomic mass is 9.85. The Labute approximate surface area is 89.2 Å². The van der Waals surface area contributed by atoms with E-state index in [0.717, 1.165) is 18.7 Å². The molecular weight excluding hydrogens is 194 g/mol. The van der Waals surface area contributed by atoms with Crippen LogP contribution in [0.1, 0.15) is 13.3 Å². The molecule has 1 aliphatic carbocycles. The molecule has 15 heavy (non-hydrogen) atoms. The Hall–Kier alpha value is -1.07. The first-order chi connectivity index (χ1) is 7.35. The van der Waals surface area contributed by atoms with E-state index in [9.17, 15) is 0 Å². The van der Waals surface area contributed by atoms with Gasteiger partial charge in [-0.25, -0.2) is 0 Å². The molecule has 0 bridgehead atoms. The van der Waals surface area contributed by atoms with Crippen molar-refractivity contribution in [3.8, 4) is 0 Å². The van der Waals surface area contributed by atoms with Crippen LogP contribution in [0, 0.1) is 0 Å². The maximum Gasteiger partial charge on any atom is 0.103 e. The van der Waals surface area contributed by atoms with E-state index >= 15 is 0 Å². The molecule has 1 aromatic rings. The van der Waals surface area contributed by atoms with Crippen molar-refractivity contribution in [3.05, 3.63) is 12.4 Å². The Morgan fingerprint density at radius 1 is 1.67 bits per heavy atom. The summed E-state index contributed by atoms with van der Waals surface area (Å²) in [6.07, 6.45) is 4.95. The molecular formula is C10H17N3O2. The predicted molar refractivity (Wildman–Crippen MR) is 56.8 cm³/mol. The van der Waals surface area contributed by atoms with Crippen LogP contribution in [0.3, 0.4) is 0 Å². The normalized spacial score (nSPS) is 29.9. The Kier molecular flexibility index (Phi) is 3.23. The molecule has 0 radical (unpaired) electrons. The minimum atomic E-state index is 0.139. The quantitative estimate of drug-likeness (QED) is 0.763. The van der Waals surface area contributed by atoms with Crippen LogP contribution in [0.5, 0.6) is 0 Å². The molecule has 1 aromatic heterocycles. The molecule has 5 heteroatoms. The van der Waals surface area contributed by atoms with Gasteiger partial charge in [-0.05, 0) is 13.3 Å². The van der Waals surface area contributed by atoms with Gasteiger partial charge in [0.1, 0.15) is 6.10 Å². The van der Waals surface area contributed by atoms with Crippen molar-refractivity contribution >= 4 is 5.69 Å². The van der Waals surface area contributed by atoms with Crippen molar-refractivity contribution in [2.75, 3.05) is 19.0 Å². The minimum Gasteiger partial charge on any atom is -0.377 e. The van der Waals surface area contributed by atoms with Crippen LogP contribution in [0.15, 0.2) is 12.4 Å². The summed E-state index contributed by atoms with van der Waals surface area (Å²) in [6, 6.07) is 0.323. The van der Waals surface area contributed by atoms with Crippen molar-refractivity contribution in [1.82, 2.24) is 10.2 Å². The van der Waals surface area contributed by atoms with E-state index in [0.29, 0.717) is 6.04 Å². The number of nitrogens with zero attached hydrogens (tertiary/aromatic N) is 1. The summed E-state index contributed by atoms with van der Waals surface area (Å²) in [5.41, 5.74) is 0.997. The largest absolute Gasteiger partial charge is 0.377 e. The first-order valence-electron chi connectivity index (χ1n) is 5.25. The van der Waals surface area contributed by atoms with E-state index in [1.165, 1.54) is 0 Å². The Morgan fingerprint density at radius 2 is 2.53 bits per heavy atom. The summed E-state index contributed by atoms with van der Waals surface area (Å²) in [6.45, 7) is 2.74. The molecule has 0 spiro atoms. The van der Waals surface area contributed by atoms with Crippen molar-refractivity contribution in [3.63, 3.8) is 0 Å². The van der Waals surface area contributed by atoms with E-state index in [1.54, 1.807) is 13.3 Å². The zero-order valence-electron chi connectivity index (χ0n) is 9.06. The van der Waals surface area contributed by atoms with Gasteiger partial charge in [-0.3, -0.25) is 5.10 Å². The third-order valence-electron chi connectivity index (χ3n) is 2.75. The van der Waals surface area contributed by atoms with Crippen molar-refractivity contribution in [2.45, 2.75) is 31.6 Å². The fourth-order valence-corrected chi connectivity index (χ4v) is 1.96. The van der Waals surface area contributed by atoms with E-state index in [-0.39, 0.29) is 12.2 Å². The molecule has 1 aliphatic rings. The lowest BCUT2D eigenvalue weighted by Gasteiger charge is -2.43. The smallest absolute Gasteiger partial charge is 0.103 e. The van der Waals surface area contributed by atoms with Gasteiger partial charge < -0.3 is 14.8 Å².